The third-order valence-corrected chi connectivity index (χ3v) is 2.35. The Morgan fingerprint density at radius 3 is 2.86 bits per heavy atom. The summed E-state index contributed by atoms with van der Waals surface area (Å²) in [5.74, 6) is -0.506. The molecule has 1 aromatic rings. The van der Waals surface area contributed by atoms with Crippen molar-refractivity contribution < 1.29 is 9.18 Å². The molecular weight excluding hydrogens is 249 g/mol. The lowest BCUT2D eigenvalue weighted by Gasteiger charge is -2.01. The van der Waals surface area contributed by atoms with Gasteiger partial charge in [0.25, 0.3) is 0 Å². The molecule has 2 nitrogen and oxygen atoms in total. The van der Waals surface area contributed by atoms with Crippen LogP contribution in [0.2, 0.25) is 0 Å². The van der Waals surface area contributed by atoms with E-state index in [0.29, 0.717) is 11.1 Å². The molecule has 4 heteroatoms. The van der Waals surface area contributed by atoms with Gasteiger partial charge in [0.05, 0.1) is 17.0 Å². The number of alkyl halides is 1. The number of halogens is 2. The molecule has 0 aliphatic heterocycles. The van der Waals surface area contributed by atoms with E-state index in [1.54, 1.807) is 0 Å². The van der Waals surface area contributed by atoms with Gasteiger partial charge in [0, 0.05) is 6.42 Å². The van der Waals surface area contributed by atoms with Gasteiger partial charge in [-0.1, -0.05) is 15.9 Å². The van der Waals surface area contributed by atoms with E-state index in [2.05, 4.69) is 15.9 Å². The summed E-state index contributed by atoms with van der Waals surface area (Å²) in [5, 5.41) is 8.92. The van der Waals surface area contributed by atoms with Crippen LogP contribution in [0.25, 0.3) is 0 Å². The second-order valence-electron chi connectivity index (χ2n) is 2.76. The largest absolute Gasteiger partial charge is 0.298 e. The number of benzene rings is 1. The topological polar surface area (TPSA) is 40.9 Å². The van der Waals surface area contributed by atoms with E-state index in [9.17, 15) is 9.18 Å². The zero-order valence-electron chi connectivity index (χ0n) is 7.26. The maximum atomic E-state index is 12.8. The van der Waals surface area contributed by atoms with E-state index in [-0.39, 0.29) is 17.5 Å². The van der Waals surface area contributed by atoms with Crippen LogP contribution in [-0.2, 0) is 11.2 Å². The van der Waals surface area contributed by atoms with Crippen molar-refractivity contribution in [3.8, 4) is 6.07 Å². The molecule has 0 spiro atoms. The van der Waals surface area contributed by atoms with E-state index in [0.717, 1.165) is 0 Å². The monoisotopic (exact) mass is 255 g/mol. The van der Waals surface area contributed by atoms with E-state index in [1.165, 1.54) is 18.2 Å². The molecule has 14 heavy (non-hydrogen) atoms. The average Bonchev–Trinajstić information content (AvgIpc) is 2.18. The highest BCUT2D eigenvalue weighted by Gasteiger charge is 2.07. The molecule has 0 unspecified atom stereocenters. The Bertz CT molecular complexity index is 398. The van der Waals surface area contributed by atoms with Crippen molar-refractivity contribution in [2.24, 2.45) is 0 Å². The van der Waals surface area contributed by atoms with Crippen LogP contribution >= 0.6 is 15.9 Å². The van der Waals surface area contributed by atoms with Gasteiger partial charge in [0.1, 0.15) is 11.6 Å². The first-order chi connectivity index (χ1) is 6.67. The summed E-state index contributed by atoms with van der Waals surface area (Å²) in [6.45, 7) is 0. The Morgan fingerprint density at radius 1 is 1.57 bits per heavy atom. The van der Waals surface area contributed by atoms with Crippen molar-refractivity contribution in [3.63, 3.8) is 0 Å². The first kappa shape index (κ1) is 10.9. The Labute approximate surface area is 89.5 Å². The van der Waals surface area contributed by atoms with Gasteiger partial charge in [-0.15, -0.1) is 0 Å². The molecule has 0 saturated carbocycles. The van der Waals surface area contributed by atoms with Gasteiger partial charge in [0.15, 0.2) is 0 Å². The summed E-state index contributed by atoms with van der Waals surface area (Å²) in [5.41, 5.74) is 0.789. The standard InChI is InChI=1S/C10H7BrFNO/c11-5-10(14)4-8-3-9(12)2-1-7(8)6-13/h1-3H,4-5H2. The lowest BCUT2D eigenvalue weighted by atomic mass is 10.0. The van der Waals surface area contributed by atoms with Crippen molar-refractivity contribution >= 4 is 21.7 Å². The molecule has 72 valence electrons. The Kier molecular flexibility index (Phi) is 3.78. The molecule has 0 aromatic heterocycles. The lowest BCUT2D eigenvalue weighted by molar-refractivity contribution is -0.115. The summed E-state index contributed by atoms with van der Waals surface area (Å²) in [6, 6.07) is 5.73. The molecule has 0 aliphatic carbocycles. The molecular formula is C10H7BrFNO. The highest BCUT2D eigenvalue weighted by atomic mass is 79.9. The normalized spacial score (nSPS) is 9.50. The minimum atomic E-state index is -0.429. The minimum absolute atomic E-state index is 0.0768. The Morgan fingerprint density at radius 2 is 2.29 bits per heavy atom. The molecule has 0 amide bonds. The number of nitriles is 1. The summed E-state index contributed by atoms with van der Waals surface area (Å²) in [7, 11) is 0. The molecule has 0 saturated heterocycles. The van der Waals surface area contributed by atoms with Crippen LogP contribution in [0.5, 0.6) is 0 Å². The maximum Gasteiger partial charge on any atom is 0.147 e. The third kappa shape index (κ3) is 2.64. The first-order valence-corrected chi connectivity index (χ1v) is 5.05. The van der Waals surface area contributed by atoms with Gasteiger partial charge < -0.3 is 0 Å². The van der Waals surface area contributed by atoms with Crippen LogP contribution in [0, 0.1) is 17.1 Å². The predicted octanol–water partition coefficient (Wildman–Crippen LogP) is 2.20. The summed E-state index contributed by atoms with van der Waals surface area (Å²) < 4.78 is 12.8. The van der Waals surface area contributed by atoms with Crippen molar-refractivity contribution in [2.75, 3.05) is 5.33 Å². The van der Waals surface area contributed by atoms with Crippen molar-refractivity contribution in [1.82, 2.24) is 0 Å². The minimum Gasteiger partial charge on any atom is -0.298 e. The number of nitrogens with zero attached hydrogens (tertiary/aromatic N) is 1. The molecule has 1 aromatic carbocycles. The number of hydrogen-bond acceptors (Lipinski definition) is 2. The first-order valence-electron chi connectivity index (χ1n) is 3.93. The van der Waals surface area contributed by atoms with Crippen LogP contribution < -0.4 is 0 Å². The maximum absolute atomic E-state index is 12.8. The van der Waals surface area contributed by atoms with Crippen molar-refractivity contribution in [3.05, 3.63) is 35.1 Å². The highest BCUT2D eigenvalue weighted by Crippen LogP contribution is 2.11. The predicted molar refractivity (Wildman–Crippen MR) is 53.6 cm³/mol. The van der Waals surface area contributed by atoms with Gasteiger partial charge in [0.2, 0.25) is 0 Å². The van der Waals surface area contributed by atoms with Gasteiger partial charge in [-0.05, 0) is 23.8 Å². The molecule has 1 rings (SSSR count). The fraction of sp³-hybridized carbons (Fsp3) is 0.200. The number of carbonyl (C=O) groups excluding carboxylic acids is 1. The second-order valence-corrected chi connectivity index (χ2v) is 3.32. The smallest absolute Gasteiger partial charge is 0.147 e. The van der Waals surface area contributed by atoms with Gasteiger partial charge in [-0.3, -0.25) is 4.79 Å². The van der Waals surface area contributed by atoms with Gasteiger partial charge in [-0.2, -0.15) is 5.26 Å². The summed E-state index contributed by atoms with van der Waals surface area (Å²) in [4.78, 5) is 11.1. The molecule has 0 N–H and O–H groups in total. The zero-order valence-corrected chi connectivity index (χ0v) is 8.84. The fourth-order valence-electron chi connectivity index (χ4n) is 1.08. The van der Waals surface area contributed by atoms with Crippen LogP contribution in [0.3, 0.4) is 0 Å². The Hall–Kier alpha value is -1.21. The summed E-state index contributed by atoms with van der Waals surface area (Å²) >= 11 is 3.01. The highest BCUT2D eigenvalue weighted by molar-refractivity contribution is 9.09. The van der Waals surface area contributed by atoms with E-state index in [4.69, 9.17) is 5.26 Å². The molecule has 0 bridgehead atoms. The van der Waals surface area contributed by atoms with E-state index in [1.807, 2.05) is 6.07 Å². The number of carbonyl (C=O) groups is 1. The van der Waals surface area contributed by atoms with E-state index < -0.39 is 5.82 Å². The fourth-order valence-corrected chi connectivity index (χ4v) is 1.28. The SMILES string of the molecule is N#Cc1ccc(F)cc1CC(=O)CBr. The van der Waals surface area contributed by atoms with Crippen LogP contribution in [0.4, 0.5) is 4.39 Å². The second kappa shape index (κ2) is 4.87. The molecule has 0 fully saturated rings. The third-order valence-electron chi connectivity index (χ3n) is 1.72. The molecule has 0 radical (unpaired) electrons. The van der Waals surface area contributed by atoms with E-state index >= 15 is 0 Å². The Balaban J connectivity index is 3.00. The lowest BCUT2D eigenvalue weighted by Crippen LogP contribution is -2.05. The average molecular weight is 256 g/mol. The summed E-state index contributed by atoms with van der Waals surface area (Å²) in [6.07, 6.45) is 0.0892. The van der Waals surface area contributed by atoms with Gasteiger partial charge >= 0.3 is 0 Å². The zero-order chi connectivity index (χ0) is 10.6. The number of rotatable bonds is 3. The van der Waals surface area contributed by atoms with Crippen molar-refractivity contribution in [1.29, 1.82) is 5.26 Å². The van der Waals surface area contributed by atoms with Crippen LogP contribution in [0.1, 0.15) is 11.1 Å². The number of hydrogen-bond donors (Lipinski definition) is 0. The molecule has 0 aliphatic rings. The van der Waals surface area contributed by atoms with Crippen LogP contribution in [-0.4, -0.2) is 11.1 Å². The van der Waals surface area contributed by atoms with Crippen LogP contribution in [0.15, 0.2) is 18.2 Å². The molecule has 0 atom stereocenters. The number of ketones is 1. The van der Waals surface area contributed by atoms with Gasteiger partial charge in [-0.25, -0.2) is 4.39 Å². The molecule has 0 heterocycles. The van der Waals surface area contributed by atoms with Crippen molar-refractivity contribution in [2.45, 2.75) is 6.42 Å². The number of Topliss-reactive ketones (excluding diaryl/α,β-unsaturated/α-hetero) is 1. The quantitative estimate of drug-likeness (QED) is 0.778.